The van der Waals surface area contributed by atoms with Gasteiger partial charge in [0.25, 0.3) is 0 Å². The maximum absolute atomic E-state index is 11.8. The Balaban J connectivity index is 2.42. The maximum Gasteiger partial charge on any atom is 0.321 e. The lowest BCUT2D eigenvalue weighted by molar-refractivity contribution is -0.121. The van der Waals surface area contributed by atoms with E-state index in [-0.39, 0.29) is 18.0 Å². The number of carbonyl (C=O) groups is 2. The van der Waals surface area contributed by atoms with Gasteiger partial charge in [0.2, 0.25) is 5.91 Å². The van der Waals surface area contributed by atoms with Crippen molar-refractivity contribution in [3.63, 3.8) is 0 Å². The Labute approximate surface area is 112 Å². The highest BCUT2D eigenvalue weighted by Crippen LogP contribution is 2.09. The van der Waals surface area contributed by atoms with Crippen LogP contribution in [-0.4, -0.2) is 34.2 Å². The van der Waals surface area contributed by atoms with Gasteiger partial charge in [0.1, 0.15) is 0 Å². The average molecular weight is 267 g/mol. The first-order valence-corrected chi connectivity index (χ1v) is 6.26. The van der Waals surface area contributed by atoms with Gasteiger partial charge in [0, 0.05) is 23.8 Å². The summed E-state index contributed by atoms with van der Waals surface area (Å²) >= 11 is 0. The van der Waals surface area contributed by atoms with Crippen LogP contribution in [0.2, 0.25) is 0 Å². The van der Waals surface area contributed by atoms with E-state index in [1.54, 1.807) is 19.3 Å². The van der Waals surface area contributed by atoms with E-state index in [2.05, 4.69) is 26.1 Å². The van der Waals surface area contributed by atoms with Crippen LogP contribution in [0.5, 0.6) is 0 Å². The molecule has 1 aromatic rings. The summed E-state index contributed by atoms with van der Waals surface area (Å²) in [7, 11) is 0. The van der Waals surface area contributed by atoms with Gasteiger partial charge in [-0.1, -0.05) is 0 Å². The van der Waals surface area contributed by atoms with E-state index in [4.69, 9.17) is 0 Å². The summed E-state index contributed by atoms with van der Waals surface area (Å²) in [5.41, 5.74) is 0.950. The van der Waals surface area contributed by atoms with Crippen molar-refractivity contribution in [2.45, 2.75) is 45.8 Å². The highest BCUT2D eigenvalue weighted by molar-refractivity contribution is 5.96. The molecule has 19 heavy (non-hydrogen) atoms. The van der Waals surface area contributed by atoms with Crippen molar-refractivity contribution in [3.8, 4) is 0 Å². The zero-order chi connectivity index (χ0) is 14.4. The number of nitrogens with zero attached hydrogens (tertiary/aromatic N) is 1. The lowest BCUT2D eigenvalue weighted by Gasteiger charge is -2.18. The number of nitrogens with one attached hydrogen (secondary N) is 4. The van der Waals surface area contributed by atoms with Gasteiger partial charge in [0.15, 0.2) is 0 Å². The van der Waals surface area contributed by atoms with Crippen LogP contribution in [0.1, 0.15) is 39.3 Å². The van der Waals surface area contributed by atoms with Crippen molar-refractivity contribution in [2.24, 2.45) is 0 Å². The van der Waals surface area contributed by atoms with Gasteiger partial charge in [-0.05, 0) is 27.7 Å². The number of urea groups is 1. The molecule has 1 aromatic heterocycles. The predicted molar refractivity (Wildman–Crippen MR) is 71.4 cm³/mol. The lowest BCUT2D eigenvalue weighted by Crippen LogP contribution is -2.49. The number of hydrogen-bond acceptors (Lipinski definition) is 4. The molecular weight excluding hydrogens is 246 g/mol. The van der Waals surface area contributed by atoms with Gasteiger partial charge in [0.05, 0.1) is 12.2 Å². The highest BCUT2D eigenvalue weighted by Gasteiger charge is 2.18. The van der Waals surface area contributed by atoms with Gasteiger partial charge in [-0.3, -0.25) is 20.5 Å². The summed E-state index contributed by atoms with van der Waals surface area (Å²) in [6.07, 6.45) is 3.45. The average Bonchev–Trinajstić information content (AvgIpc) is 2.80. The molecule has 0 aliphatic rings. The predicted octanol–water partition coefficient (Wildman–Crippen LogP) is 0.683. The summed E-state index contributed by atoms with van der Waals surface area (Å²) < 4.78 is 0. The minimum Gasteiger partial charge on any atom is -0.336 e. The molecule has 0 radical (unpaired) electrons. The second kappa shape index (κ2) is 6.89. The van der Waals surface area contributed by atoms with Crippen LogP contribution in [0.3, 0.4) is 0 Å². The SMILES string of the molecule is CC(C)NC(=O)NC(=O)[C@@H](C)N[C@@H](C)c1cn[nH]c1. The molecule has 0 spiro atoms. The molecule has 106 valence electrons. The smallest absolute Gasteiger partial charge is 0.321 e. The first-order chi connectivity index (χ1) is 8.90. The fourth-order valence-corrected chi connectivity index (χ4v) is 1.56. The van der Waals surface area contributed by atoms with Gasteiger partial charge < -0.3 is 5.32 Å². The zero-order valence-electron chi connectivity index (χ0n) is 11.7. The Kier molecular flexibility index (Phi) is 5.50. The molecule has 0 fully saturated rings. The van der Waals surface area contributed by atoms with Crippen LogP contribution in [0.25, 0.3) is 0 Å². The summed E-state index contributed by atoms with van der Waals surface area (Å²) in [6, 6.07) is -1.01. The zero-order valence-corrected chi connectivity index (χ0v) is 11.7. The minimum atomic E-state index is -0.484. The third kappa shape index (κ3) is 5.09. The summed E-state index contributed by atoms with van der Waals surface area (Å²) in [4.78, 5) is 23.2. The topological polar surface area (TPSA) is 98.9 Å². The van der Waals surface area contributed by atoms with Gasteiger partial charge in [-0.15, -0.1) is 0 Å². The lowest BCUT2D eigenvalue weighted by atomic mass is 10.1. The van der Waals surface area contributed by atoms with Crippen molar-refractivity contribution in [3.05, 3.63) is 18.0 Å². The molecule has 7 nitrogen and oxygen atoms in total. The van der Waals surface area contributed by atoms with Crippen LogP contribution < -0.4 is 16.0 Å². The number of rotatable bonds is 5. The number of hydrogen-bond donors (Lipinski definition) is 4. The van der Waals surface area contributed by atoms with E-state index < -0.39 is 12.1 Å². The summed E-state index contributed by atoms with van der Waals surface area (Å²) in [6.45, 7) is 7.27. The number of H-pyrrole nitrogens is 1. The monoisotopic (exact) mass is 267 g/mol. The van der Waals surface area contributed by atoms with Crippen LogP contribution in [-0.2, 0) is 4.79 Å². The first-order valence-electron chi connectivity index (χ1n) is 6.26. The van der Waals surface area contributed by atoms with E-state index in [0.29, 0.717) is 0 Å². The minimum absolute atomic E-state index is 0.0130. The molecule has 7 heteroatoms. The summed E-state index contributed by atoms with van der Waals surface area (Å²) in [5.74, 6) is -0.367. The van der Waals surface area contributed by atoms with Gasteiger partial charge >= 0.3 is 6.03 Å². The van der Waals surface area contributed by atoms with Crippen molar-refractivity contribution in [1.82, 2.24) is 26.1 Å². The second-order valence-corrected chi connectivity index (χ2v) is 4.76. The van der Waals surface area contributed by atoms with Crippen LogP contribution in [0, 0.1) is 0 Å². The molecule has 0 unspecified atom stereocenters. The fourth-order valence-electron chi connectivity index (χ4n) is 1.56. The molecule has 3 amide bonds. The molecule has 0 saturated carbocycles. The Morgan fingerprint density at radius 2 is 1.95 bits per heavy atom. The molecule has 1 heterocycles. The Bertz CT molecular complexity index is 416. The fraction of sp³-hybridized carbons (Fsp3) is 0.583. The molecule has 1 rings (SSSR count). The largest absolute Gasteiger partial charge is 0.336 e. The van der Waals surface area contributed by atoms with Crippen LogP contribution in [0.4, 0.5) is 4.79 Å². The normalized spacial score (nSPS) is 13.9. The third-order valence-electron chi connectivity index (χ3n) is 2.57. The number of imide groups is 1. The number of aromatic nitrogens is 2. The molecule has 0 aromatic carbocycles. The van der Waals surface area contributed by atoms with Crippen molar-refractivity contribution < 1.29 is 9.59 Å². The molecule has 0 saturated heterocycles. The molecule has 0 aliphatic carbocycles. The number of amides is 3. The Morgan fingerprint density at radius 1 is 1.26 bits per heavy atom. The van der Waals surface area contributed by atoms with Crippen LogP contribution >= 0.6 is 0 Å². The molecule has 4 N–H and O–H groups in total. The number of aromatic amines is 1. The molecule has 0 bridgehead atoms. The first kappa shape index (κ1) is 15.2. The quantitative estimate of drug-likeness (QED) is 0.630. The van der Waals surface area contributed by atoms with Crippen molar-refractivity contribution >= 4 is 11.9 Å². The standard InChI is InChI=1S/C12H21N5O2/c1-7(2)15-12(19)17-11(18)9(4)16-8(3)10-5-13-14-6-10/h5-9,16H,1-4H3,(H,13,14)(H2,15,17,18,19)/t8-,9+/m0/s1. The van der Waals surface area contributed by atoms with E-state index in [9.17, 15) is 9.59 Å². The molecular formula is C12H21N5O2. The van der Waals surface area contributed by atoms with Crippen molar-refractivity contribution in [1.29, 1.82) is 0 Å². The second-order valence-electron chi connectivity index (χ2n) is 4.76. The van der Waals surface area contributed by atoms with E-state index >= 15 is 0 Å². The molecule has 2 atom stereocenters. The molecule has 0 aliphatic heterocycles. The Morgan fingerprint density at radius 3 is 2.47 bits per heavy atom. The highest BCUT2D eigenvalue weighted by atomic mass is 16.2. The van der Waals surface area contributed by atoms with Crippen molar-refractivity contribution in [2.75, 3.05) is 0 Å². The van der Waals surface area contributed by atoms with Gasteiger partial charge in [-0.2, -0.15) is 5.10 Å². The van der Waals surface area contributed by atoms with E-state index in [1.165, 1.54) is 0 Å². The van der Waals surface area contributed by atoms with Gasteiger partial charge in [-0.25, -0.2) is 4.79 Å². The van der Waals surface area contributed by atoms with E-state index in [1.807, 2.05) is 20.8 Å². The third-order valence-corrected chi connectivity index (χ3v) is 2.57. The maximum atomic E-state index is 11.8. The van der Waals surface area contributed by atoms with Crippen LogP contribution in [0.15, 0.2) is 12.4 Å². The summed E-state index contributed by atoms with van der Waals surface area (Å²) in [5, 5.41) is 14.5. The van der Waals surface area contributed by atoms with E-state index in [0.717, 1.165) is 5.56 Å². The Hall–Kier alpha value is -1.89. The number of carbonyl (C=O) groups excluding carboxylic acids is 2.